The fourth-order valence-corrected chi connectivity index (χ4v) is 2.69. The molecule has 1 fully saturated rings. The molecule has 0 spiro atoms. The van der Waals surface area contributed by atoms with E-state index in [2.05, 4.69) is 25.7 Å². The maximum absolute atomic E-state index is 5.76. The first-order valence-corrected chi connectivity index (χ1v) is 6.52. The third-order valence-corrected chi connectivity index (χ3v) is 3.30. The fourth-order valence-electron chi connectivity index (χ4n) is 2.61. The molecule has 2 atom stereocenters. The summed E-state index contributed by atoms with van der Waals surface area (Å²) in [6.45, 7) is 9.11. The summed E-state index contributed by atoms with van der Waals surface area (Å²) in [4.78, 5) is 0. The van der Waals surface area contributed by atoms with Crippen molar-refractivity contribution in [3.8, 4) is 0 Å². The van der Waals surface area contributed by atoms with Gasteiger partial charge < -0.3 is 5.32 Å². The van der Waals surface area contributed by atoms with E-state index >= 15 is 0 Å². The largest absolute Gasteiger partial charge is 0.309 e. The number of nitrogens with one attached hydrogen (secondary N) is 1. The van der Waals surface area contributed by atoms with Crippen molar-refractivity contribution in [2.75, 3.05) is 6.54 Å². The topological polar surface area (TPSA) is 12.0 Å². The molecule has 0 radical (unpaired) electrons. The van der Waals surface area contributed by atoms with Crippen LogP contribution in [-0.4, -0.2) is 12.6 Å². The summed E-state index contributed by atoms with van der Waals surface area (Å²) in [6, 6.07) is 0.665. The van der Waals surface area contributed by atoms with E-state index in [-0.39, 0.29) is 0 Å². The van der Waals surface area contributed by atoms with Gasteiger partial charge in [-0.25, -0.2) is 0 Å². The second kappa shape index (κ2) is 6.55. The quantitative estimate of drug-likeness (QED) is 0.753. The monoisotopic (exact) mass is 229 g/mol. The van der Waals surface area contributed by atoms with E-state index in [0.717, 1.165) is 23.4 Å². The van der Waals surface area contributed by atoms with Crippen LogP contribution in [0.25, 0.3) is 0 Å². The average molecular weight is 230 g/mol. The molecule has 0 aliphatic heterocycles. The van der Waals surface area contributed by atoms with Gasteiger partial charge in [-0.2, -0.15) is 0 Å². The Balaban J connectivity index is 2.25. The Morgan fingerprint density at radius 2 is 2.20 bits per heavy atom. The van der Waals surface area contributed by atoms with Gasteiger partial charge in [-0.05, 0) is 31.1 Å². The summed E-state index contributed by atoms with van der Waals surface area (Å²) < 4.78 is 0. The zero-order chi connectivity index (χ0) is 11.3. The van der Waals surface area contributed by atoms with Crippen molar-refractivity contribution in [2.24, 2.45) is 11.8 Å². The highest BCUT2D eigenvalue weighted by Crippen LogP contribution is 2.29. The first-order valence-electron chi connectivity index (χ1n) is 6.14. The standard InChI is InChI=1S/C13H24ClN/c1-10(2)7-12-5-4-6-13(8-12)15-9-11(3)14/h10,12-13,15H,3-9H2,1-2H3. The van der Waals surface area contributed by atoms with E-state index in [9.17, 15) is 0 Å². The van der Waals surface area contributed by atoms with Gasteiger partial charge in [0.25, 0.3) is 0 Å². The molecular weight excluding hydrogens is 206 g/mol. The summed E-state index contributed by atoms with van der Waals surface area (Å²) in [5.41, 5.74) is 0. The minimum Gasteiger partial charge on any atom is -0.309 e. The highest BCUT2D eigenvalue weighted by Gasteiger charge is 2.21. The highest BCUT2D eigenvalue weighted by molar-refractivity contribution is 6.29. The van der Waals surface area contributed by atoms with E-state index in [1.165, 1.54) is 32.1 Å². The molecule has 1 aliphatic carbocycles. The molecule has 1 aliphatic rings. The number of hydrogen-bond acceptors (Lipinski definition) is 1. The predicted molar refractivity (Wildman–Crippen MR) is 68.2 cm³/mol. The molecule has 1 rings (SSSR count). The van der Waals surface area contributed by atoms with Crippen molar-refractivity contribution >= 4 is 11.6 Å². The Bertz CT molecular complexity index is 201. The molecule has 1 saturated carbocycles. The van der Waals surface area contributed by atoms with Crippen molar-refractivity contribution in [1.82, 2.24) is 5.32 Å². The van der Waals surface area contributed by atoms with Crippen LogP contribution in [0.2, 0.25) is 0 Å². The zero-order valence-electron chi connectivity index (χ0n) is 10.1. The van der Waals surface area contributed by atoms with E-state index in [4.69, 9.17) is 11.6 Å². The minimum atomic E-state index is 0.665. The first-order chi connectivity index (χ1) is 7.08. The van der Waals surface area contributed by atoms with Crippen LogP contribution < -0.4 is 5.32 Å². The number of hydrogen-bond donors (Lipinski definition) is 1. The third-order valence-electron chi connectivity index (χ3n) is 3.17. The van der Waals surface area contributed by atoms with Gasteiger partial charge >= 0.3 is 0 Å². The highest BCUT2D eigenvalue weighted by atomic mass is 35.5. The lowest BCUT2D eigenvalue weighted by atomic mass is 9.81. The number of halogens is 1. The van der Waals surface area contributed by atoms with E-state index in [1.54, 1.807) is 0 Å². The second-order valence-corrected chi connectivity index (χ2v) is 5.79. The molecule has 0 amide bonds. The third kappa shape index (κ3) is 5.58. The molecule has 1 N–H and O–H groups in total. The Morgan fingerprint density at radius 3 is 2.80 bits per heavy atom. The maximum Gasteiger partial charge on any atom is 0.0310 e. The van der Waals surface area contributed by atoms with Crippen LogP contribution in [0.1, 0.15) is 46.0 Å². The van der Waals surface area contributed by atoms with Crippen LogP contribution >= 0.6 is 11.6 Å². The molecule has 2 heteroatoms. The van der Waals surface area contributed by atoms with Crippen LogP contribution in [0.4, 0.5) is 0 Å². The van der Waals surface area contributed by atoms with Crippen molar-refractivity contribution in [2.45, 2.75) is 52.0 Å². The van der Waals surface area contributed by atoms with Crippen molar-refractivity contribution < 1.29 is 0 Å². The summed E-state index contributed by atoms with van der Waals surface area (Å²) in [6.07, 6.45) is 6.78. The fraction of sp³-hybridized carbons (Fsp3) is 0.846. The van der Waals surface area contributed by atoms with Gasteiger partial charge in [-0.1, -0.05) is 44.9 Å². The summed E-state index contributed by atoms with van der Waals surface area (Å²) >= 11 is 5.76. The molecule has 0 aromatic heterocycles. The number of rotatable bonds is 5. The molecule has 1 nitrogen and oxygen atoms in total. The Labute approximate surface area is 99.3 Å². The molecule has 0 aromatic rings. The Kier molecular flexibility index (Phi) is 5.70. The minimum absolute atomic E-state index is 0.665. The molecule has 0 heterocycles. The van der Waals surface area contributed by atoms with Crippen molar-refractivity contribution in [1.29, 1.82) is 0 Å². The Morgan fingerprint density at radius 1 is 1.47 bits per heavy atom. The van der Waals surface area contributed by atoms with Crippen LogP contribution in [0.15, 0.2) is 11.6 Å². The van der Waals surface area contributed by atoms with E-state index in [1.807, 2.05) is 0 Å². The second-order valence-electron chi connectivity index (χ2n) is 5.26. The molecule has 15 heavy (non-hydrogen) atoms. The smallest absolute Gasteiger partial charge is 0.0310 e. The van der Waals surface area contributed by atoms with Gasteiger partial charge in [0.1, 0.15) is 0 Å². The van der Waals surface area contributed by atoms with E-state index < -0.39 is 0 Å². The van der Waals surface area contributed by atoms with Crippen molar-refractivity contribution in [3.63, 3.8) is 0 Å². The van der Waals surface area contributed by atoms with Crippen LogP contribution in [0.3, 0.4) is 0 Å². The van der Waals surface area contributed by atoms with Crippen molar-refractivity contribution in [3.05, 3.63) is 11.6 Å². The van der Waals surface area contributed by atoms with Gasteiger partial charge in [0.2, 0.25) is 0 Å². The molecule has 88 valence electrons. The molecule has 0 aromatic carbocycles. The van der Waals surface area contributed by atoms with Crippen LogP contribution in [0, 0.1) is 11.8 Å². The van der Waals surface area contributed by atoms with E-state index in [0.29, 0.717) is 6.04 Å². The summed E-state index contributed by atoms with van der Waals surface area (Å²) in [7, 11) is 0. The van der Waals surface area contributed by atoms with Crippen LogP contribution in [-0.2, 0) is 0 Å². The lowest BCUT2D eigenvalue weighted by Crippen LogP contribution is -2.35. The molecule has 0 bridgehead atoms. The SMILES string of the molecule is C=C(Cl)CNC1CCCC(CC(C)C)C1. The van der Waals surface area contributed by atoms with Crippen LogP contribution in [0.5, 0.6) is 0 Å². The maximum atomic E-state index is 5.76. The molecular formula is C13H24ClN. The first kappa shape index (κ1) is 13.1. The lowest BCUT2D eigenvalue weighted by molar-refractivity contribution is 0.256. The summed E-state index contributed by atoms with van der Waals surface area (Å²) in [5.74, 6) is 1.75. The zero-order valence-corrected chi connectivity index (χ0v) is 10.8. The van der Waals surface area contributed by atoms with Gasteiger partial charge in [0.15, 0.2) is 0 Å². The molecule has 0 saturated heterocycles. The van der Waals surface area contributed by atoms with Gasteiger partial charge in [0.05, 0.1) is 0 Å². The van der Waals surface area contributed by atoms with Gasteiger partial charge in [-0.15, -0.1) is 0 Å². The lowest BCUT2D eigenvalue weighted by Gasteiger charge is -2.30. The van der Waals surface area contributed by atoms with Gasteiger partial charge in [0, 0.05) is 17.6 Å². The Hall–Kier alpha value is -0.0100. The predicted octanol–water partition coefficient (Wildman–Crippen LogP) is 3.93. The summed E-state index contributed by atoms with van der Waals surface area (Å²) in [5, 5.41) is 4.22. The van der Waals surface area contributed by atoms with Gasteiger partial charge in [-0.3, -0.25) is 0 Å². The molecule has 2 unspecified atom stereocenters. The average Bonchev–Trinajstić information content (AvgIpc) is 2.14. The normalized spacial score (nSPS) is 26.9.